The van der Waals surface area contributed by atoms with Crippen LogP contribution in [0.5, 0.6) is 0 Å². The van der Waals surface area contributed by atoms with Crippen molar-refractivity contribution in [2.24, 2.45) is 5.41 Å². The zero-order valence-electron chi connectivity index (χ0n) is 10.6. The quantitative estimate of drug-likeness (QED) is 0.629. The average Bonchev–Trinajstić information content (AvgIpc) is 2.95. The molecule has 2 aliphatic heterocycles. The van der Waals surface area contributed by atoms with E-state index in [0.29, 0.717) is 13.0 Å². The van der Waals surface area contributed by atoms with Crippen LogP contribution in [0, 0.1) is 5.41 Å². The summed E-state index contributed by atoms with van der Waals surface area (Å²) in [6.45, 7) is 3.47. The van der Waals surface area contributed by atoms with Crippen molar-refractivity contribution >= 4 is 11.9 Å². The van der Waals surface area contributed by atoms with Gasteiger partial charge in [-0.15, -0.1) is 0 Å². The van der Waals surface area contributed by atoms with Gasteiger partial charge < -0.3 is 20.4 Å². The lowest BCUT2D eigenvalue weighted by Crippen LogP contribution is -2.49. The number of nitrogens with one attached hydrogen (secondary N) is 1. The number of hydrogen-bond acceptors (Lipinski definition) is 4. The van der Waals surface area contributed by atoms with Crippen molar-refractivity contribution in [3.63, 3.8) is 0 Å². The first kappa shape index (κ1) is 13.3. The van der Waals surface area contributed by atoms with Gasteiger partial charge in [0.15, 0.2) is 0 Å². The van der Waals surface area contributed by atoms with Gasteiger partial charge in [-0.1, -0.05) is 6.92 Å². The minimum absolute atomic E-state index is 0.126. The molecule has 3 atom stereocenters. The maximum absolute atomic E-state index is 12.6. The number of nitrogens with zero attached hydrogens (tertiary/aromatic N) is 1. The number of carboxylic acid groups (broad SMARTS) is 1. The molecule has 3 N–H and O–H groups in total. The Morgan fingerprint density at radius 2 is 2.22 bits per heavy atom. The molecule has 2 saturated heterocycles. The Bertz CT molecular complexity index is 352. The fourth-order valence-electron chi connectivity index (χ4n) is 2.96. The topological polar surface area (TPSA) is 89.9 Å². The van der Waals surface area contributed by atoms with E-state index in [1.807, 2.05) is 6.92 Å². The molecule has 2 rings (SSSR count). The number of aliphatic carboxylic acids is 1. The molecular formula is C12H20N2O4. The monoisotopic (exact) mass is 256 g/mol. The predicted molar refractivity (Wildman–Crippen MR) is 64.0 cm³/mol. The van der Waals surface area contributed by atoms with Crippen LogP contribution in [0.4, 0.5) is 0 Å². The number of aliphatic hydroxyl groups is 1. The lowest BCUT2D eigenvalue weighted by molar-refractivity contribution is -0.152. The molecule has 0 radical (unpaired) electrons. The van der Waals surface area contributed by atoms with Gasteiger partial charge in [0.2, 0.25) is 5.91 Å². The highest BCUT2D eigenvalue weighted by Gasteiger charge is 2.48. The summed E-state index contributed by atoms with van der Waals surface area (Å²) in [5.74, 6) is -1.16. The summed E-state index contributed by atoms with van der Waals surface area (Å²) in [7, 11) is 0. The summed E-state index contributed by atoms with van der Waals surface area (Å²) >= 11 is 0. The molecule has 0 aromatic heterocycles. The molecule has 6 nitrogen and oxygen atoms in total. The maximum Gasteiger partial charge on any atom is 0.326 e. The van der Waals surface area contributed by atoms with Gasteiger partial charge in [-0.05, 0) is 19.4 Å². The largest absolute Gasteiger partial charge is 0.480 e. The van der Waals surface area contributed by atoms with Crippen molar-refractivity contribution in [3.8, 4) is 0 Å². The van der Waals surface area contributed by atoms with Crippen molar-refractivity contribution in [2.45, 2.75) is 38.3 Å². The third kappa shape index (κ3) is 2.10. The van der Waals surface area contributed by atoms with Gasteiger partial charge in [0, 0.05) is 19.5 Å². The third-order valence-electron chi connectivity index (χ3n) is 4.20. The van der Waals surface area contributed by atoms with Crippen LogP contribution < -0.4 is 5.32 Å². The second kappa shape index (κ2) is 4.85. The number of likely N-dealkylation sites (tertiary alicyclic amines) is 1. The number of carbonyl (C=O) groups excluding carboxylic acids is 1. The Balaban J connectivity index is 2.19. The van der Waals surface area contributed by atoms with Crippen LogP contribution >= 0.6 is 0 Å². The van der Waals surface area contributed by atoms with Crippen molar-refractivity contribution < 1.29 is 19.8 Å². The molecule has 1 amide bonds. The third-order valence-corrected chi connectivity index (χ3v) is 4.20. The van der Waals surface area contributed by atoms with Gasteiger partial charge in [-0.2, -0.15) is 0 Å². The van der Waals surface area contributed by atoms with Crippen LogP contribution in [-0.4, -0.2) is 58.8 Å². The molecule has 18 heavy (non-hydrogen) atoms. The molecule has 0 aromatic carbocycles. The molecule has 6 heteroatoms. The number of carbonyl (C=O) groups is 2. The number of carboxylic acids is 1. The van der Waals surface area contributed by atoms with Crippen molar-refractivity contribution in [1.29, 1.82) is 0 Å². The Morgan fingerprint density at radius 1 is 1.50 bits per heavy atom. The summed E-state index contributed by atoms with van der Waals surface area (Å²) in [5.41, 5.74) is -0.488. The molecule has 0 bridgehead atoms. The number of aliphatic hydroxyl groups excluding tert-OH is 1. The first-order valence-electron chi connectivity index (χ1n) is 6.43. The van der Waals surface area contributed by atoms with Crippen LogP contribution in [0.2, 0.25) is 0 Å². The second-order valence-corrected chi connectivity index (χ2v) is 5.26. The van der Waals surface area contributed by atoms with Gasteiger partial charge in [-0.3, -0.25) is 4.79 Å². The summed E-state index contributed by atoms with van der Waals surface area (Å²) in [4.78, 5) is 25.1. The Morgan fingerprint density at radius 3 is 2.72 bits per heavy atom. The van der Waals surface area contributed by atoms with Gasteiger partial charge >= 0.3 is 5.97 Å². The van der Waals surface area contributed by atoms with Crippen molar-refractivity contribution in [3.05, 3.63) is 0 Å². The van der Waals surface area contributed by atoms with Crippen LogP contribution in [0.25, 0.3) is 0 Å². The van der Waals surface area contributed by atoms with Crippen molar-refractivity contribution in [2.75, 3.05) is 19.6 Å². The van der Waals surface area contributed by atoms with E-state index in [1.165, 1.54) is 4.90 Å². The Labute approximate surface area is 106 Å². The molecule has 2 fully saturated rings. The Kier molecular flexibility index (Phi) is 3.59. The average molecular weight is 256 g/mol. The van der Waals surface area contributed by atoms with Crippen LogP contribution in [0.15, 0.2) is 0 Å². The minimum atomic E-state index is -1.03. The van der Waals surface area contributed by atoms with Gasteiger partial charge in [-0.25, -0.2) is 4.79 Å². The van der Waals surface area contributed by atoms with E-state index in [4.69, 9.17) is 5.11 Å². The van der Waals surface area contributed by atoms with E-state index in [1.54, 1.807) is 0 Å². The summed E-state index contributed by atoms with van der Waals surface area (Å²) in [5, 5.41) is 21.9. The highest BCUT2D eigenvalue weighted by Crippen LogP contribution is 2.34. The summed E-state index contributed by atoms with van der Waals surface area (Å²) in [6.07, 6.45) is 0.839. The molecule has 102 valence electrons. The van der Waals surface area contributed by atoms with E-state index in [9.17, 15) is 14.7 Å². The van der Waals surface area contributed by atoms with E-state index in [-0.39, 0.29) is 18.9 Å². The van der Waals surface area contributed by atoms with Crippen LogP contribution in [-0.2, 0) is 9.59 Å². The van der Waals surface area contributed by atoms with E-state index >= 15 is 0 Å². The summed E-state index contributed by atoms with van der Waals surface area (Å²) in [6, 6.07) is -0.878. The standard InChI is InChI=1S/C12H20N2O4/c1-2-12(3-4-13-7-12)11(18)14-6-8(15)5-9(14)10(16)17/h8-9,13,15H,2-7H2,1H3,(H,16,17)/t8-,9+,12?/m1/s1. The number of hydrogen-bond donors (Lipinski definition) is 3. The molecule has 0 saturated carbocycles. The van der Waals surface area contributed by atoms with E-state index in [2.05, 4.69) is 5.32 Å². The van der Waals surface area contributed by atoms with Crippen molar-refractivity contribution in [1.82, 2.24) is 10.2 Å². The fourth-order valence-corrected chi connectivity index (χ4v) is 2.96. The van der Waals surface area contributed by atoms with Gasteiger partial charge in [0.1, 0.15) is 6.04 Å². The SMILES string of the molecule is CCC1(C(=O)N2C[C@H](O)C[C@H]2C(=O)O)CCNC1. The smallest absolute Gasteiger partial charge is 0.326 e. The molecule has 2 aliphatic rings. The zero-order chi connectivity index (χ0) is 13.3. The first-order valence-corrected chi connectivity index (χ1v) is 6.43. The molecule has 1 unspecified atom stereocenters. The molecule has 0 aliphatic carbocycles. The number of rotatable bonds is 3. The molecule has 0 aromatic rings. The highest BCUT2D eigenvalue weighted by atomic mass is 16.4. The molecule has 0 spiro atoms. The summed E-state index contributed by atoms with van der Waals surface area (Å²) < 4.78 is 0. The Hall–Kier alpha value is -1.14. The van der Waals surface area contributed by atoms with Gasteiger partial charge in [0.05, 0.1) is 11.5 Å². The lowest BCUT2D eigenvalue weighted by atomic mass is 9.82. The first-order chi connectivity index (χ1) is 8.50. The highest BCUT2D eigenvalue weighted by molar-refractivity contribution is 5.88. The number of β-amino-alcohol motifs (C(OH)–C–C–N with tert-alkyl or cyclic N) is 1. The van der Waals surface area contributed by atoms with E-state index in [0.717, 1.165) is 13.0 Å². The van der Waals surface area contributed by atoms with Crippen LogP contribution in [0.1, 0.15) is 26.2 Å². The van der Waals surface area contributed by atoms with E-state index < -0.39 is 23.5 Å². The van der Waals surface area contributed by atoms with Crippen LogP contribution in [0.3, 0.4) is 0 Å². The normalized spacial score (nSPS) is 36.0. The molecule has 2 heterocycles. The predicted octanol–water partition coefficient (Wildman–Crippen LogP) is -0.577. The number of amides is 1. The fraction of sp³-hybridized carbons (Fsp3) is 0.833. The minimum Gasteiger partial charge on any atom is -0.480 e. The zero-order valence-corrected chi connectivity index (χ0v) is 10.6. The lowest BCUT2D eigenvalue weighted by Gasteiger charge is -2.32. The molecular weight excluding hydrogens is 236 g/mol. The second-order valence-electron chi connectivity index (χ2n) is 5.26. The maximum atomic E-state index is 12.6. The van der Waals surface area contributed by atoms with Gasteiger partial charge in [0.25, 0.3) is 0 Å².